The molecule has 0 saturated carbocycles. The summed E-state index contributed by atoms with van der Waals surface area (Å²) in [6.07, 6.45) is 0. The molecule has 4 nitrogen and oxygen atoms in total. The van der Waals surface area contributed by atoms with Crippen LogP contribution in [0.2, 0.25) is 0 Å². The van der Waals surface area contributed by atoms with E-state index in [4.69, 9.17) is 0 Å². The average Bonchev–Trinajstić information content (AvgIpc) is 2.65. The zero-order valence-electron chi connectivity index (χ0n) is 10.2. The number of hydrogen-bond acceptors (Lipinski definition) is 3. The second-order valence-corrected chi connectivity index (χ2v) is 5.12. The first-order chi connectivity index (χ1) is 8.58. The van der Waals surface area contributed by atoms with E-state index in [2.05, 4.69) is 5.10 Å². The van der Waals surface area contributed by atoms with Crippen molar-refractivity contribution in [3.05, 3.63) is 47.7 Å². The van der Waals surface area contributed by atoms with Gasteiger partial charge in [-0.3, -0.25) is 9.48 Å². The lowest BCUT2D eigenvalue weighted by Crippen LogP contribution is -2.08. The van der Waals surface area contributed by atoms with Gasteiger partial charge in [-0.05, 0) is 18.6 Å². The number of rotatable bonds is 4. The van der Waals surface area contributed by atoms with E-state index in [1.165, 1.54) is 11.8 Å². The molecule has 1 unspecified atom stereocenters. The summed E-state index contributed by atoms with van der Waals surface area (Å²) in [6, 6.07) is 11.1. The van der Waals surface area contributed by atoms with E-state index in [0.29, 0.717) is 0 Å². The monoisotopic (exact) mass is 262 g/mol. The second kappa shape index (κ2) is 5.27. The Balaban J connectivity index is 2.28. The molecular formula is C13H14N2O2S. The van der Waals surface area contributed by atoms with Crippen LogP contribution in [0.4, 0.5) is 0 Å². The molecule has 2 rings (SSSR count). The Morgan fingerprint density at radius 2 is 2.06 bits per heavy atom. The van der Waals surface area contributed by atoms with Gasteiger partial charge in [-0.15, -0.1) is 0 Å². The molecule has 0 amide bonds. The fourth-order valence-corrected chi connectivity index (χ4v) is 2.77. The number of aromatic nitrogens is 2. The fraction of sp³-hybridized carbons (Fsp3) is 0.231. The first-order valence-corrected chi connectivity index (χ1v) is 6.41. The highest BCUT2D eigenvalue weighted by atomic mass is 32.2. The van der Waals surface area contributed by atoms with Gasteiger partial charge in [0.05, 0.1) is 10.7 Å². The number of carboxylic acid groups (broad SMARTS) is 1. The molecule has 0 spiro atoms. The Bertz CT molecular complexity index is 551. The highest BCUT2D eigenvalue weighted by molar-refractivity contribution is 8.00. The third kappa shape index (κ3) is 2.73. The standard InChI is InChI=1S/C13H14N2O2S/c1-9-8-11(15(2)14-9)18-12(13(16)17)10-6-4-3-5-7-10/h3-8,12H,1-2H3,(H,16,17). The molecule has 1 atom stereocenters. The molecule has 0 radical (unpaired) electrons. The molecular weight excluding hydrogens is 248 g/mol. The first kappa shape index (κ1) is 12.7. The molecule has 2 aromatic rings. The van der Waals surface area contributed by atoms with Gasteiger partial charge in [0.2, 0.25) is 0 Å². The smallest absolute Gasteiger partial charge is 0.321 e. The molecule has 94 valence electrons. The predicted molar refractivity (Wildman–Crippen MR) is 70.6 cm³/mol. The molecule has 0 aliphatic heterocycles. The lowest BCUT2D eigenvalue weighted by Gasteiger charge is -2.12. The minimum atomic E-state index is -0.843. The van der Waals surface area contributed by atoms with Crippen molar-refractivity contribution in [1.29, 1.82) is 0 Å². The topological polar surface area (TPSA) is 55.1 Å². The molecule has 0 bridgehead atoms. The number of thioether (sulfide) groups is 1. The van der Waals surface area contributed by atoms with Gasteiger partial charge in [-0.1, -0.05) is 42.1 Å². The summed E-state index contributed by atoms with van der Waals surface area (Å²) in [4.78, 5) is 11.4. The molecule has 1 aromatic carbocycles. The minimum absolute atomic E-state index is 0.610. The molecule has 0 aliphatic carbocycles. The average molecular weight is 262 g/mol. The molecule has 18 heavy (non-hydrogen) atoms. The van der Waals surface area contributed by atoms with Crippen molar-refractivity contribution in [3.63, 3.8) is 0 Å². The highest BCUT2D eigenvalue weighted by Gasteiger charge is 2.22. The van der Waals surface area contributed by atoms with Crippen molar-refractivity contribution in [2.24, 2.45) is 7.05 Å². The van der Waals surface area contributed by atoms with Gasteiger partial charge in [-0.2, -0.15) is 5.10 Å². The third-order valence-corrected chi connectivity index (χ3v) is 3.86. The van der Waals surface area contributed by atoms with Gasteiger partial charge in [0, 0.05) is 7.05 Å². The van der Waals surface area contributed by atoms with Crippen LogP contribution in [0.3, 0.4) is 0 Å². The third-order valence-electron chi connectivity index (χ3n) is 2.52. The molecule has 0 fully saturated rings. The highest BCUT2D eigenvalue weighted by Crippen LogP contribution is 2.35. The molecule has 0 saturated heterocycles. The van der Waals surface area contributed by atoms with Crippen LogP contribution in [0.15, 0.2) is 41.4 Å². The van der Waals surface area contributed by atoms with Crippen LogP contribution in [0.25, 0.3) is 0 Å². The number of aliphatic carboxylic acids is 1. The van der Waals surface area contributed by atoms with Gasteiger partial charge < -0.3 is 5.11 Å². The van der Waals surface area contributed by atoms with E-state index in [1.807, 2.05) is 50.4 Å². The lowest BCUT2D eigenvalue weighted by atomic mass is 10.1. The lowest BCUT2D eigenvalue weighted by molar-refractivity contribution is -0.136. The summed E-state index contributed by atoms with van der Waals surface area (Å²) in [7, 11) is 1.82. The first-order valence-electron chi connectivity index (χ1n) is 5.53. The number of benzene rings is 1. The summed E-state index contributed by atoms with van der Waals surface area (Å²) in [5.74, 6) is -0.843. The van der Waals surface area contributed by atoms with Crippen molar-refractivity contribution >= 4 is 17.7 Å². The number of carbonyl (C=O) groups is 1. The maximum absolute atomic E-state index is 11.4. The number of carboxylic acids is 1. The summed E-state index contributed by atoms with van der Waals surface area (Å²) in [5.41, 5.74) is 1.67. The minimum Gasteiger partial charge on any atom is -0.480 e. The van der Waals surface area contributed by atoms with E-state index in [9.17, 15) is 9.90 Å². The van der Waals surface area contributed by atoms with Crippen LogP contribution < -0.4 is 0 Å². The van der Waals surface area contributed by atoms with Crippen LogP contribution in [0, 0.1) is 6.92 Å². The molecule has 5 heteroatoms. The van der Waals surface area contributed by atoms with Gasteiger partial charge in [0.15, 0.2) is 0 Å². The zero-order valence-corrected chi connectivity index (χ0v) is 11.0. The van der Waals surface area contributed by atoms with Crippen molar-refractivity contribution in [3.8, 4) is 0 Å². The Morgan fingerprint density at radius 1 is 1.39 bits per heavy atom. The van der Waals surface area contributed by atoms with E-state index in [-0.39, 0.29) is 0 Å². The van der Waals surface area contributed by atoms with Crippen LogP contribution in [-0.2, 0) is 11.8 Å². The van der Waals surface area contributed by atoms with Gasteiger partial charge >= 0.3 is 5.97 Å². The molecule has 1 aromatic heterocycles. The molecule has 1 heterocycles. The summed E-state index contributed by atoms with van der Waals surface area (Å²) in [5, 5.41) is 13.8. The van der Waals surface area contributed by atoms with Crippen LogP contribution >= 0.6 is 11.8 Å². The quantitative estimate of drug-likeness (QED) is 0.861. The zero-order chi connectivity index (χ0) is 13.1. The van der Waals surface area contributed by atoms with Crippen LogP contribution in [0.5, 0.6) is 0 Å². The van der Waals surface area contributed by atoms with Crippen LogP contribution in [0.1, 0.15) is 16.5 Å². The van der Waals surface area contributed by atoms with Crippen molar-refractivity contribution in [2.45, 2.75) is 17.2 Å². The number of nitrogens with zero attached hydrogens (tertiary/aromatic N) is 2. The van der Waals surface area contributed by atoms with Crippen molar-refractivity contribution in [2.75, 3.05) is 0 Å². The molecule has 0 aliphatic rings. The largest absolute Gasteiger partial charge is 0.480 e. The van der Waals surface area contributed by atoms with Gasteiger partial charge in [-0.25, -0.2) is 0 Å². The van der Waals surface area contributed by atoms with E-state index in [0.717, 1.165) is 16.3 Å². The summed E-state index contributed by atoms with van der Waals surface area (Å²) in [6.45, 7) is 1.89. The summed E-state index contributed by atoms with van der Waals surface area (Å²) < 4.78 is 1.71. The Kier molecular flexibility index (Phi) is 3.72. The maximum atomic E-state index is 11.4. The van der Waals surface area contributed by atoms with Crippen molar-refractivity contribution in [1.82, 2.24) is 9.78 Å². The Hall–Kier alpha value is -1.75. The normalized spacial score (nSPS) is 12.3. The second-order valence-electron chi connectivity index (χ2n) is 3.99. The summed E-state index contributed by atoms with van der Waals surface area (Å²) >= 11 is 1.30. The van der Waals surface area contributed by atoms with Crippen molar-refractivity contribution < 1.29 is 9.90 Å². The molecule has 1 N–H and O–H groups in total. The SMILES string of the molecule is Cc1cc(SC(C(=O)O)c2ccccc2)n(C)n1. The predicted octanol–water partition coefficient (Wildman–Crippen LogP) is 2.65. The van der Waals surface area contributed by atoms with Crippen LogP contribution in [-0.4, -0.2) is 20.9 Å². The maximum Gasteiger partial charge on any atom is 0.321 e. The Labute approximate surface area is 110 Å². The fourth-order valence-electron chi connectivity index (χ4n) is 1.71. The number of aryl methyl sites for hydroxylation is 2. The van der Waals surface area contributed by atoms with E-state index < -0.39 is 11.2 Å². The van der Waals surface area contributed by atoms with Gasteiger partial charge in [0.25, 0.3) is 0 Å². The van der Waals surface area contributed by atoms with E-state index >= 15 is 0 Å². The Morgan fingerprint density at radius 3 is 2.56 bits per heavy atom. The van der Waals surface area contributed by atoms with E-state index in [1.54, 1.807) is 4.68 Å². The number of hydrogen-bond donors (Lipinski definition) is 1. The van der Waals surface area contributed by atoms with Gasteiger partial charge in [0.1, 0.15) is 5.25 Å².